The Labute approximate surface area is 179 Å². The number of halogens is 3. The number of amides is 1. The summed E-state index contributed by atoms with van der Waals surface area (Å²) in [5, 5.41) is 6.84. The first-order chi connectivity index (χ1) is 14.8. The number of aromatic nitrogens is 2. The van der Waals surface area contributed by atoms with E-state index in [-0.39, 0.29) is 11.8 Å². The van der Waals surface area contributed by atoms with Crippen LogP contribution in [0.3, 0.4) is 0 Å². The molecule has 1 aromatic heterocycles. The van der Waals surface area contributed by atoms with Gasteiger partial charge in [0.2, 0.25) is 5.91 Å². The molecular weight excluding hydrogens is 403 g/mol. The fraction of sp³-hybridized carbons (Fsp3) is 0.333. The largest absolute Gasteiger partial charge is 0.435 e. The van der Waals surface area contributed by atoms with Crippen molar-refractivity contribution in [2.24, 2.45) is 0 Å². The molecule has 31 heavy (non-hydrogen) atoms. The Morgan fingerprint density at radius 2 is 1.74 bits per heavy atom. The number of nitrogens with one attached hydrogen (secondary N) is 1. The van der Waals surface area contributed by atoms with Gasteiger partial charge in [-0.1, -0.05) is 42.5 Å². The fourth-order valence-corrected chi connectivity index (χ4v) is 4.03. The van der Waals surface area contributed by atoms with Crippen molar-refractivity contribution >= 4 is 5.91 Å². The van der Waals surface area contributed by atoms with E-state index in [1.165, 1.54) is 4.68 Å². The molecule has 0 saturated heterocycles. The van der Waals surface area contributed by atoms with Gasteiger partial charge in [-0.05, 0) is 55.9 Å². The molecule has 1 aliphatic rings. The quantitative estimate of drug-likeness (QED) is 0.609. The molecule has 0 fully saturated rings. The summed E-state index contributed by atoms with van der Waals surface area (Å²) in [6.45, 7) is 2.26. The third-order valence-electron chi connectivity index (χ3n) is 5.79. The number of hydrogen-bond donors (Lipinski definition) is 1. The average molecular weight is 427 g/mol. The highest BCUT2D eigenvalue weighted by atomic mass is 19.4. The van der Waals surface area contributed by atoms with Gasteiger partial charge in [0, 0.05) is 17.8 Å². The minimum atomic E-state index is -4.46. The van der Waals surface area contributed by atoms with Crippen LogP contribution in [0.2, 0.25) is 0 Å². The van der Waals surface area contributed by atoms with Crippen LogP contribution in [0, 0.1) is 0 Å². The van der Waals surface area contributed by atoms with Crippen LogP contribution in [0.1, 0.15) is 53.8 Å². The van der Waals surface area contributed by atoms with Crippen LogP contribution in [-0.4, -0.2) is 15.7 Å². The molecule has 4 rings (SSSR count). The number of alkyl halides is 3. The SMILES string of the molecule is CC(C(=O)NCc1ccccc1)c1ccc(-n2nc(C(F)(F)F)c3c2CCCC3)cc1. The number of rotatable bonds is 5. The molecule has 3 aromatic rings. The van der Waals surface area contributed by atoms with E-state index in [0.717, 1.165) is 24.0 Å². The van der Waals surface area contributed by atoms with Crippen LogP contribution in [0.25, 0.3) is 5.69 Å². The van der Waals surface area contributed by atoms with Gasteiger partial charge >= 0.3 is 6.18 Å². The first-order valence-corrected chi connectivity index (χ1v) is 10.4. The number of benzene rings is 2. The molecule has 0 bridgehead atoms. The maximum absolute atomic E-state index is 13.4. The highest BCUT2D eigenvalue weighted by Crippen LogP contribution is 2.36. The highest BCUT2D eigenvalue weighted by Gasteiger charge is 2.39. The van der Waals surface area contributed by atoms with Gasteiger partial charge in [-0.15, -0.1) is 0 Å². The molecule has 4 nitrogen and oxygen atoms in total. The van der Waals surface area contributed by atoms with Gasteiger partial charge < -0.3 is 5.32 Å². The van der Waals surface area contributed by atoms with Crippen molar-refractivity contribution in [3.63, 3.8) is 0 Å². The molecule has 0 aliphatic heterocycles. The molecule has 1 aliphatic carbocycles. The molecule has 7 heteroatoms. The Morgan fingerprint density at radius 1 is 1.06 bits per heavy atom. The van der Waals surface area contributed by atoms with Crippen LogP contribution in [0.15, 0.2) is 54.6 Å². The molecule has 1 N–H and O–H groups in total. The maximum atomic E-state index is 13.4. The zero-order valence-electron chi connectivity index (χ0n) is 17.2. The van der Waals surface area contributed by atoms with Crippen molar-refractivity contribution in [3.05, 3.63) is 82.7 Å². The average Bonchev–Trinajstić information content (AvgIpc) is 3.18. The van der Waals surface area contributed by atoms with E-state index in [1.54, 1.807) is 24.3 Å². The molecule has 0 radical (unpaired) electrons. The summed E-state index contributed by atoms with van der Waals surface area (Å²) in [6, 6.07) is 16.7. The first-order valence-electron chi connectivity index (χ1n) is 10.4. The second kappa shape index (κ2) is 8.57. The van der Waals surface area contributed by atoms with Gasteiger partial charge in [0.15, 0.2) is 5.69 Å². The van der Waals surface area contributed by atoms with Crippen LogP contribution < -0.4 is 5.32 Å². The Kier molecular flexibility index (Phi) is 5.85. The van der Waals surface area contributed by atoms with E-state index in [4.69, 9.17) is 0 Å². The Morgan fingerprint density at radius 3 is 2.42 bits per heavy atom. The summed E-state index contributed by atoms with van der Waals surface area (Å²) in [5.41, 5.74) is 2.57. The van der Waals surface area contributed by atoms with Crippen molar-refractivity contribution in [2.45, 2.75) is 51.2 Å². The summed E-state index contributed by atoms with van der Waals surface area (Å²) < 4.78 is 41.7. The highest BCUT2D eigenvalue weighted by molar-refractivity contribution is 5.83. The van der Waals surface area contributed by atoms with Gasteiger partial charge in [-0.25, -0.2) is 4.68 Å². The van der Waals surface area contributed by atoms with Gasteiger partial charge in [0.1, 0.15) is 0 Å². The smallest absolute Gasteiger partial charge is 0.352 e. The summed E-state index contributed by atoms with van der Waals surface area (Å²) in [6.07, 6.45) is -1.87. The minimum Gasteiger partial charge on any atom is -0.352 e. The molecule has 1 amide bonds. The Balaban J connectivity index is 1.52. The van der Waals surface area contributed by atoms with Crippen LogP contribution in [0.4, 0.5) is 13.2 Å². The van der Waals surface area contributed by atoms with Gasteiger partial charge in [0.25, 0.3) is 0 Å². The standard InChI is InChI=1S/C24H24F3N3O/c1-16(23(31)28-15-17-7-3-2-4-8-17)18-11-13-19(14-12-18)30-21-10-6-5-9-20(21)22(29-30)24(25,26)27/h2-4,7-8,11-14,16H,5-6,9-10,15H2,1H3,(H,28,31). The number of nitrogens with zero attached hydrogens (tertiary/aromatic N) is 2. The van der Waals surface area contributed by atoms with E-state index >= 15 is 0 Å². The van der Waals surface area contributed by atoms with Gasteiger partial charge in [0.05, 0.1) is 11.6 Å². The van der Waals surface area contributed by atoms with E-state index in [0.29, 0.717) is 36.3 Å². The van der Waals surface area contributed by atoms with E-state index in [1.807, 2.05) is 37.3 Å². The predicted octanol–water partition coefficient (Wildman–Crippen LogP) is 5.19. The van der Waals surface area contributed by atoms with Crippen LogP contribution >= 0.6 is 0 Å². The summed E-state index contributed by atoms with van der Waals surface area (Å²) in [4.78, 5) is 12.5. The molecule has 1 unspecified atom stereocenters. The lowest BCUT2D eigenvalue weighted by molar-refractivity contribution is -0.142. The van der Waals surface area contributed by atoms with E-state index in [2.05, 4.69) is 10.4 Å². The molecule has 0 saturated carbocycles. The van der Waals surface area contributed by atoms with Crippen LogP contribution in [0.5, 0.6) is 0 Å². The van der Waals surface area contributed by atoms with E-state index in [9.17, 15) is 18.0 Å². The normalized spacial score (nSPS) is 14.7. The number of carbonyl (C=O) groups excluding carboxylic acids is 1. The molecular formula is C24H24F3N3O. The lowest BCUT2D eigenvalue weighted by atomic mass is 9.95. The first kappa shape index (κ1) is 21.2. The maximum Gasteiger partial charge on any atom is 0.435 e. The Hall–Kier alpha value is -3.09. The third kappa shape index (κ3) is 4.50. The molecule has 0 spiro atoms. The van der Waals surface area contributed by atoms with Crippen molar-refractivity contribution in [1.29, 1.82) is 0 Å². The van der Waals surface area contributed by atoms with Gasteiger partial charge in [-0.3, -0.25) is 4.79 Å². The zero-order valence-corrected chi connectivity index (χ0v) is 17.2. The summed E-state index contributed by atoms with van der Waals surface area (Å²) >= 11 is 0. The van der Waals surface area contributed by atoms with Crippen molar-refractivity contribution in [1.82, 2.24) is 15.1 Å². The van der Waals surface area contributed by atoms with Crippen molar-refractivity contribution in [2.75, 3.05) is 0 Å². The monoisotopic (exact) mass is 427 g/mol. The second-order valence-electron chi connectivity index (χ2n) is 7.91. The molecule has 1 atom stereocenters. The second-order valence-corrected chi connectivity index (χ2v) is 7.91. The minimum absolute atomic E-state index is 0.104. The predicted molar refractivity (Wildman–Crippen MR) is 112 cm³/mol. The number of carbonyl (C=O) groups is 1. The summed E-state index contributed by atoms with van der Waals surface area (Å²) in [5.74, 6) is -0.484. The zero-order chi connectivity index (χ0) is 22.0. The van der Waals surface area contributed by atoms with E-state index < -0.39 is 11.9 Å². The lowest BCUT2D eigenvalue weighted by Gasteiger charge is -2.16. The lowest BCUT2D eigenvalue weighted by Crippen LogP contribution is -2.27. The third-order valence-corrected chi connectivity index (χ3v) is 5.79. The molecule has 2 aromatic carbocycles. The summed E-state index contributed by atoms with van der Waals surface area (Å²) in [7, 11) is 0. The van der Waals surface area contributed by atoms with Gasteiger partial charge in [-0.2, -0.15) is 18.3 Å². The van der Waals surface area contributed by atoms with Crippen LogP contribution in [-0.2, 0) is 30.4 Å². The Bertz CT molecular complexity index is 1060. The number of hydrogen-bond acceptors (Lipinski definition) is 2. The molecule has 162 valence electrons. The van der Waals surface area contributed by atoms with Crippen molar-refractivity contribution in [3.8, 4) is 5.69 Å². The topological polar surface area (TPSA) is 46.9 Å². The molecule has 1 heterocycles. The fourth-order valence-electron chi connectivity index (χ4n) is 4.03. The number of fused-ring (bicyclic) bond motifs is 1. The van der Waals surface area contributed by atoms with Crippen molar-refractivity contribution < 1.29 is 18.0 Å².